The van der Waals surface area contributed by atoms with Crippen LogP contribution in [0.5, 0.6) is 0 Å². The van der Waals surface area contributed by atoms with E-state index in [1.54, 1.807) is 18.9 Å². The van der Waals surface area contributed by atoms with Gasteiger partial charge in [0.25, 0.3) is 0 Å². The lowest BCUT2D eigenvalue weighted by Crippen LogP contribution is -2.30. The maximum Gasteiger partial charge on any atom is 0.226 e. The number of aliphatic hydroxyl groups is 1. The summed E-state index contributed by atoms with van der Waals surface area (Å²) < 4.78 is 0. The lowest BCUT2D eigenvalue weighted by atomic mass is 10.1. The van der Waals surface area contributed by atoms with E-state index < -0.39 is 0 Å². The van der Waals surface area contributed by atoms with Crippen LogP contribution in [-0.4, -0.2) is 35.6 Å². The molecule has 1 unspecified atom stereocenters. The summed E-state index contributed by atoms with van der Waals surface area (Å²) in [7, 11) is 1.78. The van der Waals surface area contributed by atoms with Crippen LogP contribution in [0.4, 0.5) is 0 Å². The molecule has 1 N–H and O–H groups in total. The van der Waals surface area contributed by atoms with E-state index in [1.807, 2.05) is 31.2 Å². The van der Waals surface area contributed by atoms with Gasteiger partial charge in [-0.2, -0.15) is 0 Å². The van der Waals surface area contributed by atoms with E-state index in [9.17, 15) is 4.79 Å². The Labute approximate surface area is 103 Å². The van der Waals surface area contributed by atoms with Gasteiger partial charge in [-0.1, -0.05) is 29.8 Å². The van der Waals surface area contributed by atoms with E-state index in [4.69, 9.17) is 5.11 Å². The number of amides is 1. The Hall–Kier alpha value is -1.35. The number of aryl methyl sites for hydroxylation is 1. The number of hydrogen-bond acceptors (Lipinski definition) is 2. The van der Waals surface area contributed by atoms with Gasteiger partial charge in [0.2, 0.25) is 5.91 Å². The number of rotatable bonds is 5. The fourth-order valence-corrected chi connectivity index (χ4v) is 1.52. The molecule has 1 atom stereocenters. The van der Waals surface area contributed by atoms with Gasteiger partial charge in [-0.15, -0.1) is 0 Å². The zero-order valence-corrected chi connectivity index (χ0v) is 10.8. The van der Waals surface area contributed by atoms with E-state index in [2.05, 4.69) is 0 Å². The van der Waals surface area contributed by atoms with Crippen LogP contribution >= 0.6 is 0 Å². The van der Waals surface area contributed by atoms with Gasteiger partial charge in [0, 0.05) is 13.6 Å². The third-order valence-corrected chi connectivity index (χ3v) is 2.78. The van der Waals surface area contributed by atoms with Crippen LogP contribution in [0, 0.1) is 6.92 Å². The molecule has 0 saturated carbocycles. The number of aliphatic hydroxyl groups excluding tert-OH is 1. The normalized spacial score (nSPS) is 12.2. The lowest BCUT2D eigenvalue weighted by Gasteiger charge is -2.18. The first-order valence-corrected chi connectivity index (χ1v) is 5.96. The van der Waals surface area contributed by atoms with E-state index in [0.717, 1.165) is 5.56 Å². The molecule has 1 amide bonds. The van der Waals surface area contributed by atoms with Gasteiger partial charge < -0.3 is 10.0 Å². The molecule has 0 radical (unpaired) electrons. The highest BCUT2D eigenvalue weighted by molar-refractivity contribution is 5.78. The zero-order valence-electron chi connectivity index (χ0n) is 10.8. The molecule has 0 aromatic heterocycles. The first-order valence-electron chi connectivity index (χ1n) is 5.96. The van der Waals surface area contributed by atoms with Gasteiger partial charge in [-0.3, -0.25) is 4.79 Å². The highest BCUT2D eigenvalue weighted by Crippen LogP contribution is 2.06. The van der Waals surface area contributed by atoms with Crippen LogP contribution < -0.4 is 0 Å². The summed E-state index contributed by atoms with van der Waals surface area (Å²) in [5, 5.41) is 9.17. The number of benzene rings is 1. The molecule has 0 aliphatic carbocycles. The minimum Gasteiger partial charge on any atom is -0.393 e. The first kappa shape index (κ1) is 13.7. The van der Waals surface area contributed by atoms with E-state index in [1.165, 1.54) is 5.56 Å². The maximum absolute atomic E-state index is 11.9. The highest BCUT2D eigenvalue weighted by Gasteiger charge is 2.10. The van der Waals surface area contributed by atoms with Crippen molar-refractivity contribution >= 4 is 5.91 Å². The predicted octanol–water partition coefficient (Wildman–Crippen LogP) is 1.77. The number of carbonyl (C=O) groups excluding carboxylic acids is 1. The van der Waals surface area contributed by atoms with Crippen molar-refractivity contribution in [3.63, 3.8) is 0 Å². The Morgan fingerprint density at radius 3 is 2.47 bits per heavy atom. The van der Waals surface area contributed by atoms with Crippen molar-refractivity contribution in [3.05, 3.63) is 35.4 Å². The molecule has 0 heterocycles. The molecule has 0 fully saturated rings. The van der Waals surface area contributed by atoms with Gasteiger partial charge >= 0.3 is 0 Å². The molecule has 0 saturated heterocycles. The summed E-state index contributed by atoms with van der Waals surface area (Å²) in [4.78, 5) is 13.5. The van der Waals surface area contributed by atoms with Crippen molar-refractivity contribution in [2.75, 3.05) is 13.6 Å². The summed E-state index contributed by atoms with van der Waals surface area (Å²) in [6.07, 6.45) is 0.692. The van der Waals surface area contributed by atoms with Crippen LogP contribution in [0.25, 0.3) is 0 Å². The number of carbonyl (C=O) groups is 1. The summed E-state index contributed by atoms with van der Waals surface area (Å²) in [6.45, 7) is 4.36. The predicted molar refractivity (Wildman–Crippen MR) is 68.8 cm³/mol. The monoisotopic (exact) mass is 235 g/mol. The standard InChI is InChI=1S/C14H21NO2/c1-11-4-6-13(7-5-11)10-14(17)15(3)9-8-12(2)16/h4-7,12,16H,8-10H2,1-3H3. The Balaban J connectivity index is 2.45. The Morgan fingerprint density at radius 1 is 1.35 bits per heavy atom. The van der Waals surface area contributed by atoms with Gasteiger partial charge in [-0.05, 0) is 25.8 Å². The van der Waals surface area contributed by atoms with E-state index >= 15 is 0 Å². The van der Waals surface area contributed by atoms with E-state index in [0.29, 0.717) is 19.4 Å². The zero-order chi connectivity index (χ0) is 12.8. The maximum atomic E-state index is 11.9. The van der Waals surface area contributed by atoms with Crippen LogP contribution in [0.1, 0.15) is 24.5 Å². The molecule has 1 aromatic carbocycles. The quantitative estimate of drug-likeness (QED) is 0.845. The van der Waals surface area contributed by atoms with Crippen molar-refractivity contribution < 1.29 is 9.90 Å². The first-order chi connectivity index (χ1) is 7.99. The van der Waals surface area contributed by atoms with Crippen LogP contribution in [-0.2, 0) is 11.2 Å². The second-order valence-electron chi connectivity index (χ2n) is 4.62. The molecular formula is C14H21NO2. The van der Waals surface area contributed by atoms with Crippen molar-refractivity contribution in [2.24, 2.45) is 0 Å². The fraction of sp³-hybridized carbons (Fsp3) is 0.500. The average molecular weight is 235 g/mol. The van der Waals surface area contributed by atoms with Crippen molar-refractivity contribution in [2.45, 2.75) is 32.8 Å². The topological polar surface area (TPSA) is 40.5 Å². The third kappa shape index (κ3) is 5.00. The number of nitrogens with zero attached hydrogens (tertiary/aromatic N) is 1. The molecule has 0 aliphatic heterocycles. The van der Waals surface area contributed by atoms with Gasteiger partial charge in [-0.25, -0.2) is 0 Å². The average Bonchev–Trinajstić information content (AvgIpc) is 2.28. The van der Waals surface area contributed by atoms with Crippen LogP contribution in [0.15, 0.2) is 24.3 Å². The molecule has 3 nitrogen and oxygen atoms in total. The number of hydrogen-bond donors (Lipinski definition) is 1. The third-order valence-electron chi connectivity index (χ3n) is 2.78. The fourth-order valence-electron chi connectivity index (χ4n) is 1.52. The van der Waals surface area contributed by atoms with Crippen LogP contribution in [0.2, 0.25) is 0 Å². The summed E-state index contributed by atoms with van der Waals surface area (Å²) in [5.41, 5.74) is 2.23. The molecule has 3 heteroatoms. The molecule has 0 spiro atoms. The Bertz CT molecular complexity index is 357. The molecule has 0 aliphatic rings. The second-order valence-corrected chi connectivity index (χ2v) is 4.62. The summed E-state index contributed by atoms with van der Waals surface area (Å²) in [6, 6.07) is 7.99. The molecule has 94 valence electrons. The van der Waals surface area contributed by atoms with Crippen molar-refractivity contribution in [3.8, 4) is 0 Å². The lowest BCUT2D eigenvalue weighted by molar-refractivity contribution is -0.129. The minimum absolute atomic E-state index is 0.0921. The highest BCUT2D eigenvalue weighted by atomic mass is 16.3. The van der Waals surface area contributed by atoms with Crippen LogP contribution in [0.3, 0.4) is 0 Å². The van der Waals surface area contributed by atoms with Crippen molar-refractivity contribution in [1.29, 1.82) is 0 Å². The van der Waals surface area contributed by atoms with Crippen molar-refractivity contribution in [1.82, 2.24) is 4.90 Å². The van der Waals surface area contributed by atoms with Gasteiger partial charge in [0.15, 0.2) is 0 Å². The summed E-state index contributed by atoms with van der Waals surface area (Å²) in [5.74, 6) is 0.0921. The smallest absolute Gasteiger partial charge is 0.226 e. The Morgan fingerprint density at radius 2 is 1.94 bits per heavy atom. The molecule has 1 rings (SSSR count). The molecule has 1 aromatic rings. The summed E-state index contributed by atoms with van der Waals surface area (Å²) >= 11 is 0. The molecule has 0 bridgehead atoms. The Kier molecular flexibility index (Phi) is 5.16. The molecular weight excluding hydrogens is 214 g/mol. The van der Waals surface area contributed by atoms with Gasteiger partial charge in [0.05, 0.1) is 12.5 Å². The van der Waals surface area contributed by atoms with E-state index in [-0.39, 0.29) is 12.0 Å². The van der Waals surface area contributed by atoms with Gasteiger partial charge in [0.1, 0.15) is 0 Å². The minimum atomic E-state index is -0.357. The number of likely N-dealkylation sites (N-methyl/N-ethyl adjacent to an activating group) is 1. The largest absolute Gasteiger partial charge is 0.393 e. The SMILES string of the molecule is Cc1ccc(CC(=O)N(C)CCC(C)O)cc1. The second kappa shape index (κ2) is 6.40. The molecule has 17 heavy (non-hydrogen) atoms.